The van der Waals surface area contributed by atoms with Gasteiger partial charge in [0.1, 0.15) is 0 Å². The van der Waals surface area contributed by atoms with Gasteiger partial charge in [0.15, 0.2) is 0 Å². The van der Waals surface area contributed by atoms with E-state index in [1.807, 2.05) is 0 Å². The molecule has 1 fully saturated rings. The molecule has 3 nitrogen and oxygen atoms in total. The van der Waals surface area contributed by atoms with E-state index in [2.05, 4.69) is 6.58 Å². The van der Waals surface area contributed by atoms with Crippen molar-refractivity contribution in [1.29, 1.82) is 0 Å². The Bertz CT molecular complexity index is 506. The van der Waals surface area contributed by atoms with Gasteiger partial charge in [0, 0.05) is 5.57 Å². The number of rotatable bonds is 3. The third-order valence-corrected chi connectivity index (χ3v) is 2.82. The summed E-state index contributed by atoms with van der Waals surface area (Å²) in [5, 5.41) is 7.89. The first-order chi connectivity index (χ1) is 10.4. The van der Waals surface area contributed by atoms with E-state index in [0.29, 0.717) is 0 Å². The molecule has 2 unspecified atom stereocenters. The Morgan fingerprint density at radius 3 is 1.58 bits per heavy atom. The van der Waals surface area contributed by atoms with Gasteiger partial charge < -0.3 is 5.11 Å². The molecule has 0 aromatic heterocycles. The average molecular weight is 384 g/mol. The van der Waals surface area contributed by atoms with Gasteiger partial charge in [-0.25, -0.2) is 13.6 Å². The number of carboxylic acids is 1. The van der Waals surface area contributed by atoms with Gasteiger partial charge in [-0.2, -0.15) is 35.1 Å². The fraction of sp³-hybridized carbons (Fsp3) is 0.700. The van der Waals surface area contributed by atoms with Crippen molar-refractivity contribution in [2.45, 2.75) is 42.6 Å². The van der Waals surface area contributed by atoms with Crippen molar-refractivity contribution in [1.82, 2.24) is 0 Å². The smallest absolute Gasteiger partial charge is 0.428 e. The van der Waals surface area contributed by atoms with Crippen LogP contribution in [0.2, 0.25) is 0 Å². The number of carbonyl (C=O) groups is 1. The molecule has 142 valence electrons. The minimum Gasteiger partial charge on any atom is -0.478 e. The van der Waals surface area contributed by atoms with Crippen LogP contribution in [0.15, 0.2) is 12.2 Å². The van der Waals surface area contributed by atoms with Gasteiger partial charge in [0.2, 0.25) is 6.17 Å². The molecule has 14 heteroatoms. The predicted octanol–water partition coefficient (Wildman–Crippen LogP) is 4.09. The van der Waals surface area contributed by atoms with E-state index in [1.165, 1.54) is 11.9 Å². The number of alkyl halides is 10. The van der Waals surface area contributed by atoms with E-state index in [0.717, 1.165) is 0 Å². The van der Waals surface area contributed by atoms with E-state index in [1.54, 1.807) is 0 Å². The summed E-state index contributed by atoms with van der Waals surface area (Å²) < 4.78 is 136. The quantitative estimate of drug-likeness (QED) is 0.589. The van der Waals surface area contributed by atoms with Gasteiger partial charge in [0.05, 0.1) is 0 Å². The lowest BCUT2D eigenvalue weighted by Crippen LogP contribution is -2.62. The Balaban J connectivity index is 0.000000754. The first-order valence-electron chi connectivity index (χ1n) is 5.39. The second kappa shape index (κ2) is 6.04. The number of hydrogen-bond acceptors (Lipinski definition) is 2. The lowest BCUT2D eigenvalue weighted by Gasteiger charge is -2.32. The van der Waals surface area contributed by atoms with Crippen LogP contribution in [0.25, 0.3) is 0 Å². The normalized spacial score (nSPS) is 30.2. The summed E-state index contributed by atoms with van der Waals surface area (Å²) in [6.45, 7) is 4.60. The lowest BCUT2D eigenvalue weighted by atomic mass is 9.97. The number of hydrogen-bond donors (Lipinski definition) is 1. The molecule has 1 aliphatic carbocycles. The molecular weight excluding hydrogens is 377 g/mol. The predicted molar refractivity (Wildman–Crippen MR) is 53.2 cm³/mol. The number of carboxylic acid groups (broad SMARTS) is 1. The standard InChI is InChI=1S/C6HF11O.C4H6O2/c7-1-2(8,6(15,16)18-17)4(11,12)5(13,14)3(1,9)10;1-3(2)4(5)6/h1H;1H2,2H3,(H,5,6). The Hall–Kier alpha value is -1.60. The zero-order valence-corrected chi connectivity index (χ0v) is 11.2. The molecule has 0 bridgehead atoms. The van der Waals surface area contributed by atoms with Gasteiger partial charge in [0.25, 0.3) is 0 Å². The van der Waals surface area contributed by atoms with Crippen LogP contribution in [0.4, 0.5) is 48.4 Å². The van der Waals surface area contributed by atoms with E-state index in [-0.39, 0.29) is 5.57 Å². The minimum atomic E-state index is -6.90. The van der Waals surface area contributed by atoms with Crippen molar-refractivity contribution < 1.29 is 63.3 Å². The Morgan fingerprint density at radius 1 is 1.08 bits per heavy atom. The third kappa shape index (κ3) is 2.69. The first-order valence-corrected chi connectivity index (χ1v) is 5.39. The molecule has 2 atom stereocenters. The van der Waals surface area contributed by atoms with Crippen LogP contribution >= 0.6 is 0 Å². The summed E-state index contributed by atoms with van der Waals surface area (Å²) in [5.41, 5.74) is -6.39. The molecule has 0 aromatic rings. The summed E-state index contributed by atoms with van der Waals surface area (Å²) in [6, 6.07) is 0. The van der Waals surface area contributed by atoms with Gasteiger partial charge in [-0.05, 0) is 11.4 Å². The van der Waals surface area contributed by atoms with Crippen molar-refractivity contribution in [3.8, 4) is 0 Å². The number of halogens is 11. The fourth-order valence-corrected chi connectivity index (χ4v) is 1.39. The molecule has 0 aromatic carbocycles. The molecular formula is C10H7F11O3. The molecule has 1 saturated carbocycles. The highest BCUT2D eigenvalue weighted by atomic mass is 19.4. The minimum absolute atomic E-state index is 0.176. The Labute approximate surface area is 125 Å². The zero-order valence-electron chi connectivity index (χ0n) is 11.2. The van der Waals surface area contributed by atoms with Crippen LogP contribution in [0.5, 0.6) is 0 Å². The second-order valence-electron chi connectivity index (χ2n) is 4.53. The third-order valence-electron chi connectivity index (χ3n) is 2.82. The molecule has 0 radical (unpaired) electrons. The average Bonchev–Trinajstić information content (AvgIpc) is 2.50. The van der Waals surface area contributed by atoms with Crippen LogP contribution in [0.3, 0.4) is 0 Å². The summed E-state index contributed by atoms with van der Waals surface area (Å²) in [4.78, 5) is 10.9. The highest BCUT2D eigenvalue weighted by molar-refractivity contribution is 5.84. The van der Waals surface area contributed by atoms with Crippen LogP contribution in [0, 0.1) is 0 Å². The van der Waals surface area contributed by atoms with Crippen molar-refractivity contribution in [2.24, 2.45) is 0 Å². The summed E-state index contributed by atoms with van der Waals surface area (Å²) >= 11 is 0. The molecule has 0 saturated heterocycles. The molecule has 0 spiro atoms. The van der Waals surface area contributed by atoms with Crippen LogP contribution in [-0.2, 0) is 9.74 Å². The maximum atomic E-state index is 13.1. The highest BCUT2D eigenvalue weighted by Crippen LogP contribution is 2.67. The van der Waals surface area contributed by atoms with E-state index >= 15 is 0 Å². The maximum Gasteiger partial charge on any atom is 0.428 e. The summed E-state index contributed by atoms with van der Waals surface area (Å²) in [5.74, 6) is -21.1. The Kier molecular flexibility index (Phi) is 5.64. The molecule has 1 aliphatic rings. The van der Waals surface area contributed by atoms with Crippen LogP contribution in [0.1, 0.15) is 6.92 Å². The van der Waals surface area contributed by atoms with Gasteiger partial charge in [-0.3, -0.25) is 0 Å². The summed E-state index contributed by atoms with van der Waals surface area (Å²) in [7, 11) is 0. The van der Waals surface area contributed by atoms with E-state index < -0.39 is 41.7 Å². The van der Waals surface area contributed by atoms with Crippen molar-refractivity contribution in [3.05, 3.63) is 12.2 Å². The van der Waals surface area contributed by atoms with Gasteiger partial charge in [-0.15, -0.1) is 4.94 Å². The molecule has 0 amide bonds. The monoisotopic (exact) mass is 384 g/mol. The van der Waals surface area contributed by atoms with E-state index in [4.69, 9.17) is 5.11 Å². The van der Waals surface area contributed by atoms with Crippen molar-refractivity contribution in [2.75, 3.05) is 0 Å². The van der Waals surface area contributed by atoms with E-state index in [9.17, 15) is 53.2 Å². The maximum absolute atomic E-state index is 13.1. The fourth-order valence-electron chi connectivity index (χ4n) is 1.39. The first kappa shape index (κ1) is 22.4. The highest BCUT2D eigenvalue weighted by Gasteiger charge is 2.99. The molecule has 1 N–H and O–H groups in total. The lowest BCUT2D eigenvalue weighted by molar-refractivity contribution is -0.435. The van der Waals surface area contributed by atoms with Crippen LogP contribution in [-0.4, -0.2) is 46.8 Å². The number of aliphatic carboxylic acids is 1. The van der Waals surface area contributed by atoms with Gasteiger partial charge >= 0.3 is 35.5 Å². The van der Waals surface area contributed by atoms with Crippen molar-refractivity contribution >= 4 is 5.97 Å². The van der Waals surface area contributed by atoms with Crippen molar-refractivity contribution in [3.63, 3.8) is 0 Å². The Morgan fingerprint density at radius 2 is 1.42 bits per heavy atom. The van der Waals surface area contributed by atoms with Crippen LogP contribution < -0.4 is 0 Å². The second-order valence-corrected chi connectivity index (χ2v) is 4.53. The topological polar surface area (TPSA) is 46.5 Å². The zero-order chi connectivity index (χ0) is 19.9. The van der Waals surface area contributed by atoms with Gasteiger partial charge in [-0.1, -0.05) is 6.58 Å². The molecule has 1 rings (SSSR count). The summed E-state index contributed by atoms with van der Waals surface area (Å²) in [6.07, 6.45) is -11.9. The largest absolute Gasteiger partial charge is 0.478 e. The molecule has 24 heavy (non-hydrogen) atoms. The molecule has 0 heterocycles. The molecule has 0 aliphatic heterocycles. The SMILES string of the molecule is C=C(C)C(=O)O.FOC(F)(F)C1(F)C(F)C(F)(F)C(F)(F)C1(F)F.